The highest BCUT2D eigenvalue weighted by molar-refractivity contribution is 7.11. The fourth-order valence-corrected chi connectivity index (χ4v) is 4.29. The Balaban J connectivity index is 1.72. The predicted molar refractivity (Wildman–Crippen MR) is 151 cm³/mol. The zero-order valence-corrected chi connectivity index (χ0v) is 24.4. The van der Waals surface area contributed by atoms with Crippen molar-refractivity contribution in [2.45, 2.75) is 72.3 Å². The van der Waals surface area contributed by atoms with Crippen LogP contribution in [-0.4, -0.2) is 47.7 Å². The SMILES string of the molecule is COc1nc(CCCCNC(C)C)nc(OC)c1NC(=O)c1csc(Oc2cc(C(C)(C)C)ccc2C)n1. The number of anilines is 1. The Bertz CT molecular complexity index is 1210. The molecule has 0 bridgehead atoms. The van der Waals surface area contributed by atoms with Gasteiger partial charge >= 0.3 is 0 Å². The average molecular weight is 542 g/mol. The zero-order valence-electron chi connectivity index (χ0n) is 23.6. The van der Waals surface area contributed by atoms with Crippen molar-refractivity contribution in [2.24, 2.45) is 0 Å². The summed E-state index contributed by atoms with van der Waals surface area (Å²) in [5.41, 5.74) is 2.60. The highest BCUT2D eigenvalue weighted by Crippen LogP contribution is 2.34. The van der Waals surface area contributed by atoms with Crippen LogP contribution >= 0.6 is 11.3 Å². The molecular formula is C28H39N5O4S. The van der Waals surface area contributed by atoms with Crippen LogP contribution in [0, 0.1) is 6.92 Å². The van der Waals surface area contributed by atoms with Gasteiger partial charge in [0.2, 0.25) is 11.8 Å². The monoisotopic (exact) mass is 541 g/mol. The summed E-state index contributed by atoms with van der Waals surface area (Å²) in [7, 11) is 2.99. The first kappa shape index (κ1) is 29.3. The number of carbonyl (C=O) groups is 1. The molecule has 0 radical (unpaired) electrons. The number of ether oxygens (including phenoxy) is 3. The average Bonchev–Trinajstić information content (AvgIpc) is 3.33. The summed E-state index contributed by atoms with van der Waals surface area (Å²) >= 11 is 1.25. The van der Waals surface area contributed by atoms with Gasteiger partial charge in [-0.3, -0.25) is 4.79 Å². The number of thiazole rings is 1. The molecule has 3 rings (SSSR count). The van der Waals surface area contributed by atoms with E-state index in [0.29, 0.717) is 29.2 Å². The van der Waals surface area contributed by atoms with Gasteiger partial charge in [0, 0.05) is 17.8 Å². The number of hydrogen-bond donors (Lipinski definition) is 2. The van der Waals surface area contributed by atoms with Crippen LogP contribution in [0.5, 0.6) is 22.7 Å². The third-order valence-electron chi connectivity index (χ3n) is 5.86. The van der Waals surface area contributed by atoms with Gasteiger partial charge in [-0.15, -0.1) is 0 Å². The smallest absolute Gasteiger partial charge is 0.279 e. The number of nitrogens with zero attached hydrogens (tertiary/aromatic N) is 3. The summed E-state index contributed by atoms with van der Waals surface area (Å²) < 4.78 is 17.0. The van der Waals surface area contributed by atoms with Gasteiger partial charge in [0.25, 0.3) is 11.1 Å². The van der Waals surface area contributed by atoms with Crippen molar-refractivity contribution < 1.29 is 19.0 Å². The third-order valence-corrected chi connectivity index (χ3v) is 6.58. The fourth-order valence-electron chi connectivity index (χ4n) is 3.63. The number of carbonyl (C=O) groups excluding carboxylic acids is 1. The van der Waals surface area contributed by atoms with Gasteiger partial charge in [0.15, 0.2) is 5.69 Å². The van der Waals surface area contributed by atoms with E-state index in [1.54, 1.807) is 5.38 Å². The molecule has 0 aliphatic rings. The number of aryl methyl sites for hydroxylation is 2. The van der Waals surface area contributed by atoms with Crippen molar-refractivity contribution in [3.05, 3.63) is 46.2 Å². The van der Waals surface area contributed by atoms with E-state index in [-0.39, 0.29) is 28.6 Å². The van der Waals surface area contributed by atoms with Gasteiger partial charge in [-0.05, 0) is 48.9 Å². The van der Waals surface area contributed by atoms with E-state index < -0.39 is 5.91 Å². The van der Waals surface area contributed by atoms with Crippen molar-refractivity contribution in [3.63, 3.8) is 0 Å². The number of rotatable bonds is 12. The number of methoxy groups -OCH3 is 2. The minimum absolute atomic E-state index is 0.0135. The molecule has 9 nitrogen and oxygen atoms in total. The lowest BCUT2D eigenvalue weighted by molar-refractivity contribution is 0.102. The van der Waals surface area contributed by atoms with Gasteiger partial charge < -0.3 is 24.8 Å². The van der Waals surface area contributed by atoms with E-state index in [9.17, 15) is 4.79 Å². The molecule has 1 amide bonds. The van der Waals surface area contributed by atoms with Crippen LogP contribution in [0.3, 0.4) is 0 Å². The molecule has 0 aliphatic carbocycles. The fraction of sp³-hybridized carbons (Fsp3) is 0.500. The van der Waals surface area contributed by atoms with E-state index >= 15 is 0 Å². The molecule has 0 atom stereocenters. The minimum Gasteiger partial charge on any atom is -0.479 e. The minimum atomic E-state index is -0.441. The molecule has 0 fully saturated rings. The summed E-state index contributed by atoms with van der Waals surface area (Å²) in [6.07, 6.45) is 2.58. The van der Waals surface area contributed by atoms with E-state index in [4.69, 9.17) is 14.2 Å². The second-order valence-electron chi connectivity index (χ2n) is 10.4. The first-order valence-electron chi connectivity index (χ1n) is 12.8. The van der Waals surface area contributed by atoms with Gasteiger partial charge in [0.1, 0.15) is 17.3 Å². The molecule has 206 valence electrons. The van der Waals surface area contributed by atoms with Crippen LogP contribution < -0.4 is 24.8 Å². The van der Waals surface area contributed by atoms with Crippen LogP contribution in [-0.2, 0) is 11.8 Å². The standard InChI is InChI=1S/C28H39N5O4S/c1-17(2)29-14-10-9-11-22-31-25(35-7)23(26(32-22)36-8)33-24(34)20-16-38-27(30-20)37-21-15-19(28(4,5)6)13-12-18(21)3/h12-13,15-17,29H,9-11,14H2,1-8H3,(H,33,34). The van der Waals surface area contributed by atoms with Gasteiger partial charge in [-0.1, -0.05) is 58.1 Å². The molecule has 0 spiro atoms. The summed E-state index contributed by atoms with van der Waals surface area (Å²) in [6, 6.07) is 6.60. The maximum atomic E-state index is 13.1. The second kappa shape index (κ2) is 13.0. The summed E-state index contributed by atoms with van der Waals surface area (Å²) in [5.74, 6) is 1.34. The molecule has 2 aromatic heterocycles. The first-order valence-corrected chi connectivity index (χ1v) is 13.7. The second-order valence-corrected chi connectivity index (χ2v) is 11.2. The molecule has 2 heterocycles. The first-order chi connectivity index (χ1) is 18.0. The van der Waals surface area contributed by atoms with Gasteiger partial charge in [-0.2, -0.15) is 15.0 Å². The van der Waals surface area contributed by atoms with Gasteiger partial charge in [-0.25, -0.2) is 0 Å². The highest BCUT2D eigenvalue weighted by atomic mass is 32.1. The van der Waals surface area contributed by atoms with Gasteiger partial charge in [0.05, 0.1) is 14.2 Å². The molecule has 3 aromatic rings. The summed E-state index contributed by atoms with van der Waals surface area (Å²) in [5, 5.41) is 8.22. The maximum Gasteiger partial charge on any atom is 0.279 e. The Morgan fingerprint density at radius 2 is 1.74 bits per heavy atom. The third kappa shape index (κ3) is 7.88. The molecule has 1 aromatic carbocycles. The number of hydrogen-bond acceptors (Lipinski definition) is 9. The Morgan fingerprint density at radius 3 is 2.34 bits per heavy atom. The topological polar surface area (TPSA) is 107 Å². The number of amides is 1. The van der Waals surface area contributed by atoms with Crippen molar-refractivity contribution >= 4 is 22.9 Å². The quantitative estimate of drug-likeness (QED) is 0.272. The van der Waals surface area contributed by atoms with E-state index in [1.165, 1.54) is 25.6 Å². The molecule has 0 saturated heterocycles. The van der Waals surface area contributed by atoms with E-state index in [0.717, 1.165) is 30.5 Å². The van der Waals surface area contributed by atoms with Crippen LogP contribution in [0.2, 0.25) is 0 Å². The maximum absolute atomic E-state index is 13.1. The number of aromatic nitrogens is 3. The predicted octanol–water partition coefficient (Wildman–Crippen LogP) is 5.92. The van der Waals surface area contributed by atoms with Crippen molar-refractivity contribution in [2.75, 3.05) is 26.1 Å². The van der Waals surface area contributed by atoms with Crippen LogP contribution in [0.15, 0.2) is 23.6 Å². The van der Waals surface area contributed by atoms with Crippen molar-refractivity contribution in [1.29, 1.82) is 0 Å². The summed E-state index contributed by atoms with van der Waals surface area (Å²) in [4.78, 5) is 26.4. The lowest BCUT2D eigenvalue weighted by Gasteiger charge is -2.20. The van der Waals surface area contributed by atoms with E-state index in [2.05, 4.69) is 66.3 Å². The highest BCUT2D eigenvalue weighted by Gasteiger charge is 2.22. The zero-order chi connectivity index (χ0) is 27.9. The Kier molecular flexibility index (Phi) is 10.0. The Hall–Kier alpha value is -3.24. The van der Waals surface area contributed by atoms with E-state index in [1.807, 2.05) is 19.1 Å². The number of benzene rings is 1. The number of unbranched alkanes of at least 4 members (excludes halogenated alkanes) is 1. The molecule has 10 heteroatoms. The molecule has 0 unspecified atom stereocenters. The normalized spacial score (nSPS) is 11.5. The number of nitrogens with one attached hydrogen (secondary N) is 2. The van der Waals surface area contributed by atoms with Crippen molar-refractivity contribution in [1.82, 2.24) is 20.3 Å². The summed E-state index contributed by atoms with van der Waals surface area (Å²) in [6.45, 7) is 13.6. The van der Waals surface area contributed by atoms with Crippen LogP contribution in [0.1, 0.15) is 74.9 Å². The molecule has 0 saturated carbocycles. The lowest BCUT2D eigenvalue weighted by Crippen LogP contribution is -2.23. The largest absolute Gasteiger partial charge is 0.479 e. The molecule has 38 heavy (non-hydrogen) atoms. The lowest BCUT2D eigenvalue weighted by atomic mass is 9.86. The molecule has 0 aliphatic heterocycles. The van der Waals surface area contributed by atoms with Crippen LogP contribution in [0.25, 0.3) is 0 Å². The van der Waals surface area contributed by atoms with Crippen molar-refractivity contribution in [3.8, 4) is 22.7 Å². The van der Waals surface area contributed by atoms with Crippen LogP contribution in [0.4, 0.5) is 5.69 Å². The Labute approximate surface area is 229 Å². The Morgan fingerprint density at radius 1 is 1.05 bits per heavy atom. The molecular weight excluding hydrogens is 502 g/mol. The molecule has 2 N–H and O–H groups in total.